The molecule has 0 spiro atoms. The number of aryl methyl sites for hydroxylation is 1. The van der Waals surface area contributed by atoms with Gasteiger partial charge >= 0.3 is 0 Å². The van der Waals surface area contributed by atoms with E-state index in [9.17, 15) is 4.79 Å². The van der Waals surface area contributed by atoms with E-state index in [2.05, 4.69) is 24.3 Å². The van der Waals surface area contributed by atoms with E-state index >= 15 is 0 Å². The van der Waals surface area contributed by atoms with Crippen LogP contribution in [-0.2, 0) is 17.7 Å². The first-order valence-corrected chi connectivity index (χ1v) is 9.44. The fraction of sp³-hybridized carbons (Fsp3) is 0.556. The van der Waals surface area contributed by atoms with Gasteiger partial charge in [-0.3, -0.25) is 9.48 Å². The van der Waals surface area contributed by atoms with Gasteiger partial charge in [0.25, 0.3) is 5.91 Å². The molecule has 0 aromatic carbocycles. The number of carbonyl (C=O) groups excluding carboxylic acids is 1. The Labute approximate surface area is 147 Å². The Hall–Kier alpha value is -1.66. The van der Waals surface area contributed by atoms with E-state index in [1.807, 2.05) is 23.7 Å². The summed E-state index contributed by atoms with van der Waals surface area (Å²) in [4.78, 5) is 14.2. The van der Waals surface area contributed by atoms with Gasteiger partial charge in [-0.15, -0.1) is 11.3 Å². The fourth-order valence-corrected chi connectivity index (χ4v) is 4.28. The summed E-state index contributed by atoms with van der Waals surface area (Å²) in [5, 5.41) is 7.55. The number of thiophene rings is 1. The molecule has 1 fully saturated rings. The van der Waals surface area contributed by atoms with Gasteiger partial charge in [0.1, 0.15) is 0 Å². The van der Waals surface area contributed by atoms with Crippen LogP contribution >= 0.6 is 11.3 Å². The van der Waals surface area contributed by atoms with E-state index in [0.29, 0.717) is 13.1 Å². The van der Waals surface area contributed by atoms with Gasteiger partial charge in [0.05, 0.1) is 23.2 Å². The van der Waals surface area contributed by atoms with Crippen molar-refractivity contribution in [2.24, 2.45) is 0 Å². The number of hydrogen-bond donors (Lipinski definition) is 1. The zero-order valence-electron chi connectivity index (χ0n) is 14.6. The molecule has 0 unspecified atom stereocenters. The molecule has 0 bridgehead atoms. The Kier molecular flexibility index (Phi) is 5.36. The quantitative estimate of drug-likeness (QED) is 0.871. The van der Waals surface area contributed by atoms with Gasteiger partial charge in [-0.1, -0.05) is 6.92 Å². The molecule has 3 heterocycles. The molecule has 0 radical (unpaired) electrons. The number of nitrogens with one attached hydrogen (secondary N) is 1. The summed E-state index contributed by atoms with van der Waals surface area (Å²) in [5.74, 6) is -0.0125. The molecule has 1 saturated heterocycles. The molecule has 5 nitrogen and oxygen atoms in total. The maximum atomic E-state index is 12.3. The Bertz CT molecular complexity index is 714. The molecular formula is C18H25N3O2S. The third-order valence-corrected chi connectivity index (χ3v) is 5.77. The molecule has 0 saturated carbocycles. The van der Waals surface area contributed by atoms with Crippen molar-refractivity contribution in [1.82, 2.24) is 15.1 Å². The van der Waals surface area contributed by atoms with E-state index in [0.717, 1.165) is 41.3 Å². The Morgan fingerprint density at radius 3 is 2.96 bits per heavy atom. The van der Waals surface area contributed by atoms with Gasteiger partial charge < -0.3 is 10.1 Å². The third-order valence-electron chi connectivity index (χ3n) is 4.59. The number of nitrogens with zero attached hydrogens (tertiary/aromatic N) is 2. The van der Waals surface area contributed by atoms with Crippen LogP contribution < -0.4 is 5.32 Å². The minimum Gasteiger partial charge on any atom is -0.373 e. The second kappa shape index (κ2) is 7.49. The molecule has 1 aliphatic heterocycles. The highest BCUT2D eigenvalue weighted by Gasteiger charge is 2.20. The monoisotopic (exact) mass is 347 g/mol. The zero-order chi connectivity index (χ0) is 17.1. The summed E-state index contributed by atoms with van der Waals surface area (Å²) < 4.78 is 7.66. The van der Waals surface area contributed by atoms with Gasteiger partial charge in [0, 0.05) is 23.7 Å². The molecule has 3 rings (SSSR count). The van der Waals surface area contributed by atoms with Gasteiger partial charge in [-0.2, -0.15) is 5.10 Å². The fourth-order valence-electron chi connectivity index (χ4n) is 3.28. The second-order valence-electron chi connectivity index (χ2n) is 6.19. The largest absolute Gasteiger partial charge is 0.373 e. The number of hydrogen-bond acceptors (Lipinski definition) is 4. The molecule has 6 heteroatoms. The topological polar surface area (TPSA) is 56.2 Å². The predicted molar refractivity (Wildman–Crippen MR) is 95.7 cm³/mol. The van der Waals surface area contributed by atoms with E-state index in [1.54, 1.807) is 0 Å². The maximum absolute atomic E-state index is 12.3. The van der Waals surface area contributed by atoms with Gasteiger partial charge in [-0.05, 0) is 50.8 Å². The second-order valence-corrected chi connectivity index (χ2v) is 7.30. The van der Waals surface area contributed by atoms with Crippen LogP contribution in [0.5, 0.6) is 0 Å². The molecule has 2 aromatic heterocycles. The molecule has 1 atom stereocenters. The van der Waals surface area contributed by atoms with Crippen molar-refractivity contribution in [1.29, 1.82) is 0 Å². The predicted octanol–water partition coefficient (Wildman–Crippen LogP) is 3.41. The summed E-state index contributed by atoms with van der Waals surface area (Å²) in [5.41, 5.74) is 3.59. The van der Waals surface area contributed by atoms with E-state index in [1.165, 1.54) is 22.6 Å². The average molecular weight is 347 g/mol. The Morgan fingerprint density at radius 1 is 1.46 bits per heavy atom. The summed E-state index contributed by atoms with van der Waals surface area (Å²) in [6, 6.07) is 3.92. The molecule has 1 aliphatic rings. The molecular weight excluding hydrogens is 322 g/mol. The van der Waals surface area contributed by atoms with Crippen molar-refractivity contribution in [3.05, 3.63) is 38.8 Å². The molecule has 1 N–H and O–H groups in total. The van der Waals surface area contributed by atoms with Gasteiger partial charge in [-0.25, -0.2) is 0 Å². The Balaban J connectivity index is 1.54. The lowest BCUT2D eigenvalue weighted by molar-refractivity contribution is 0.0956. The first-order valence-electron chi connectivity index (χ1n) is 8.62. The van der Waals surface area contributed by atoms with Crippen LogP contribution in [0.1, 0.15) is 57.4 Å². The van der Waals surface area contributed by atoms with Crippen LogP contribution in [0.2, 0.25) is 0 Å². The number of carbonyl (C=O) groups is 1. The summed E-state index contributed by atoms with van der Waals surface area (Å²) in [6.07, 6.45) is 3.33. The minimum atomic E-state index is -0.0125. The van der Waals surface area contributed by atoms with Crippen molar-refractivity contribution in [3.8, 4) is 0 Å². The van der Waals surface area contributed by atoms with Crippen molar-refractivity contribution < 1.29 is 9.53 Å². The SMILES string of the molecule is CCc1c(C)nn(CCNC(=O)c2ccc([C@@H]3CCCO3)s2)c1C. The molecule has 1 amide bonds. The zero-order valence-corrected chi connectivity index (χ0v) is 15.4. The van der Waals surface area contributed by atoms with Crippen LogP contribution in [0.15, 0.2) is 12.1 Å². The molecule has 0 aliphatic carbocycles. The van der Waals surface area contributed by atoms with Crippen LogP contribution in [0, 0.1) is 13.8 Å². The highest BCUT2D eigenvalue weighted by Crippen LogP contribution is 2.33. The van der Waals surface area contributed by atoms with Crippen molar-refractivity contribution >= 4 is 17.2 Å². The first-order chi connectivity index (χ1) is 11.6. The van der Waals surface area contributed by atoms with Crippen molar-refractivity contribution in [2.45, 2.75) is 52.7 Å². The minimum absolute atomic E-state index is 0.0125. The Morgan fingerprint density at radius 2 is 2.29 bits per heavy atom. The van der Waals surface area contributed by atoms with E-state index in [-0.39, 0.29) is 12.0 Å². The average Bonchev–Trinajstić information content (AvgIpc) is 3.28. The highest BCUT2D eigenvalue weighted by atomic mass is 32.1. The lowest BCUT2D eigenvalue weighted by Crippen LogP contribution is -2.27. The van der Waals surface area contributed by atoms with E-state index < -0.39 is 0 Å². The van der Waals surface area contributed by atoms with Crippen LogP contribution in [-0.4, -0.2) is 28.8 Å². The van der Waals surface area contributed by atoms with Crippen LogP contribution in [0.4, 0.5) is 0 Å². The maximum Gasteiger partial charge on any atom is 0.261 e. The van der Waals surface area contributed by atoms with E-state index in [4.69, 9.17) is 4.74 Å². The number of amides is 1. The number of aromatic nitrogens is 2. The highest BCUT2D eigenvalue weighted by molar-refractivity contribution is 7.14. The molecule has 2 aromatic rings. The lowest BCUT2D eigenvalue weighted by atomic mass is 10.1. The first kappa shape index (κ1) is 17.2. The summed E-state index contributed by atoms with van der Waals surface area (Å²) >= 11 is 1.54. The van der Waals surface area contributed by atoms with Crippen molar-refractivity contribution in [2.75, 3.05) is 13.2 Å². The van der Waals surface area contributed by atoms with Gasteiger partial charge in [0.15, 0.2) is 0 Å². The van der Waals surface area contributed by atoms with Gasteiger partial charge in [0.2, 0.25) is 0 Å². The third kappa shape index (κ3) is 3.54. The van der Waals surface area contributed by atoms with Crippen LogP contribution in [0.3, 0.4) is 0 Å². The standard InChI is InChI=1S/C18H25N3O2S/c1-4-14-12(2)20-21(13(14)3)10-9-19-18(22)17-8-7-16(24-17)15-6-5-11-23-15/h7-8,15H,4-6,9-11H2,1-3H3,(H,19,22)/t15-/m0/s1. The molecule has 130 valence electrons. The number of ether oxygens (including phenoxy) is 1. The molecule has 24 heavy (non-hydrogen) atoms. The smallest absolute Gasteiger partial charge is 0.261 e. The normalized spacial score (nSPS) is 17.4. The van der Waals surface area contributed by atoms with Crippen LogP contribution in [0.25, 0.3) is 0 Å². The van der Waals surface area contributed by atoms with Crippen molar-refractivity contribution in [3.63, 3.8) is 0 Å². The summed E-state index contributed by atoms with van der Waals surface area (Å²) in [7, 11) is 0. The lowest BCUT2D eigenvalue weighted by Gasteiger charge is -2.07. The summed E-state index contributed by atoms with van der Waals surface area (Å²) in [6.45, 7) is 8.38. The number of rotatable bonds is 6.